The number of H-pyrrole nitrogens is 1. The molecule has 1 aliphatic heterocycles. The molecule has 0 radical (unpaired) electrons. The number of ether oxygens (including phenoxy) is 1. The van der Waals surface area contributed by atoms with Gasteiger partial charge in [-0.2, -0.15) is 0 Å². The van der Waals surface area contributed by atoms with E-state index in [0.29, 0.717) is 38.2 Å². The first-order valence-corrected chi connectivity index (χ1v) is 7.69. The molecule has 3 rings (SSSR count). The molecule has 1 aromatic heterocycles. The maximum Gasteiger partial charge on any atom is 0.252 e. The van der Waals surface area contributed by atoms with Crippen LogP contribution in [0.25, 0.3) is 0 Å². The fourth-order valence-electron chi connectivity index (χ4n) is 2.47. The highest BCUT2D eigenvalue weighted by Gasteiger charge is 2.16. The lowest BCUT2D eigenvalue weighted by atomic mass is 10.2. The molecule has 0 aliphatic carbocycles. The molecule has 0 atom stereocenters. The van der Waals surface area contributed by atoms with Crippen LogP contribution in [-0.2, 0) is 16.0 Å². The first kappa shape index (κ1) is 17.0. The van der Waals surface area contributed by atoms with Crippen molar-refractivity contribution in [3.63, 3.8) is 0 Å². The van der Waals surface area contributed by atoms with E-state index in [1.54, 1.807) is 0 Å². The number of hydrogen-bond donors (Lipinski definition) is 2. The molecule has 0 saturated carbocycles. The predicted molar refractivity (Wildman–Crippen MR) is 86.6 cm³/mol. The number of halogens is 2. The predicted octanol–water partition coefficient (Wildman–Crippen LogP) is 1.07. The summed E-state index contributed by atoms with van der Waals surface area (Å²) >= 11 is 0. The molecule has 9 heteroatoms. The molecule has 25 heavy (non-hydrogen) atoms. The quantitative estimate of drug-likeness (QED) is 0.861. The molecule has 0 unspecified atom stereocenters. The number of carbonyl (C=O) groups excluding carboxylic acids is 1. The lowest BCUT2D eigenvalue weighted by molar-refractivity contribution is -0.115. The van der Waals surface area contributed by atoms with Crippen molar-refractivity contribution >= 4 is 17.4 Å². The number of rotatable bonds is 4. The third-order valence-electron chi connectivity index (χ3n) is 3.65. The summed E-state index contributed by atoms with van der Waals surface area (Å²) < 4.78 is 31.7. The minimum Gasteiger partial charge on any atom is -0.378 e. The summed E-state index contributed by atoms with van der Waals surface area (Å²) in [5, 5.41) is 2.33. The maximum atomic E-state index is 13.6. The van der Waals surface area contributed by atoms with Gasteiger partial charge in [0, 0.05) is 25.2 Å². The van der Waals surface area contributed by atoms with Crippen molar-refractivity contribution in [3.8, 4) is 0 Å². The molecule has 1 amide bonds. The van der Waals surface area contributed by atoms with Gasteiger partial charge < -0.3 is 19.9 Å². The van der Waals surface area contributed by atoms with Gasteiger partial charge in [-0.3, -0.25) is 9.59 Å². The minimum absolute atomic E-state index is 0.141. The first-order valence-electron chi connectivity index (χ1n) is 7.69. The van der Waals surface area contributed by atoms with Crippen molar-refractivity contribution in [2.45, 2.75) is 6.42 Å². The van der Waals surface area contributed by atoms with Gasteiger partial charge in [0.15, 0.2) is 0 Å². The average Bonchev–Trinajstić information content (AvgIpc) is 2.58. The fraction of sp³-hybridized carbons (Fsp3) is 0.312. The largest absolute Gasteiger partial charge is 0.378 e. The zero-order valence-corrected chi connectivity index (χ0v) is 13.2. The molecule has 2 N–H and O–H groups in total. The Bertz CT molecular complexity index is 834. The maximum absolute atomic E-state index is 13.6. The van der Waals surface area contributed by atoms with Gasteiger partial charge in [-0.15, -0.1) is 0 Å². The van der Waals surface area contributed by atoms with Gasteiger partial charge in [0.1, 0.15) is 23.3 Å². The summed E-state index contributed by atoms with van der Waals surface area (Å²) in [5.41, 5.74) is -0.523. The van der Waals surface area contributed by atoms with E-state index in [0.717, 1.165) is 12.1 Å². The molecule has 1 aromatic carbocycles. The van der Waals surface area contributed by atoms with Crippen LogP contribution in [0.1, 0.15) is 5.82 Å². The van der Waals surface area contributed by atoms with Crippen LogP contribution in [0.5, 0.6) is 0 Å². The number of anilines is 2. The first-order chi connectivity index (χ1) is 12.0. The monoisotopic (exact) mass is 350 g/mol. The molecule has 0 spiro atoms. The number of hydrogen-bond acceptors (Lipinski definition) is 5. The summed E-state index contributed by atoms with van der Waals surface area (Å²) in [6, 6.07) is 4.20. The van der Waals surface area contributed by atoms with Gasteiger partial charge in [-0.1, -0.05) is 0 Å². The van der Waals surface area contributed by atoms with Crippen molar-refractivity contribution in [1.82, 2.24) is 9.97 Å². The van der Waals surface area contributed by atoms with Crippen LogP contribution in [0.15, 0.2) is 29.1 Å². The molecule has 2 aromatic rings. The number of benzene rings is 1. The van der Waals surface area contributed by atoms with Crippen LogP contribution in [0.2, 0.25) is 0 Å². The molecule has 1 saturated heterocycles. The van der Waals surface area contributed by atoms with E-state index in [1.165, 1.54) is 6.07 Å². The minimum atomic E-state index is -0.878. The summed E-state index contributed by atoms with van der Waals surface area (Å²) in [6.45, 7) is 2.27. The summed E-state index contributed by atoms with van der Waals surface area (Å²) in [6.07, 6.45) is -0.246. The SMILES string of the molecule is O=C(Cc1nc(N2CCOCC2)cc(=O)[nH]1)Nc1ccc(F)cc1F. The highest BCUT2D eigenvalue weighted by atomic mass is 19.1. The zero-order chi connectivity index (χ0) is 17.8. The number of nitrogens with zero attached hydrogens (tertiary/aromatic N) is 2. The van der Waals surface area contributed by atoms with Crippen molar-refractivity contribution in [3.05, 3.63) is 52.1 Å². The van der Waals surface area contributed by atoms with Crippen LogP contribution in [0.3, 0.4) is 0 Å². The van der Waals surface area contributed by atoms with Gasteiger partial charge in [-0.25, -0.2) is 13.8 Å². The normalized spacial score (nSPS) is 14.4. The Morgan fingerprint density at radius 3 is 2.76 bits per heavy atom. The smallest absolute Gasteiger partial charge is 0.252 e. The fourth-order valence-corrected chi connectivity index (χ4v) is 2.47. The number of aromatic nitrogens is 2. The highest BCUT2D eigenvalue weighted by molar-refractivity contribution is 5.91. The molecule has 1 fully saturated rings. The Morgan fingerprint density at radius 2 is 2.04 bits per heavy atom. The molecular formula is C16H16F2N4O3. The molecule has 0 bridgehead atoms. The zero-order valence-electron chi connectivity index (χ0n) is 13.2. The van der Waals surface area contributed by atoms with Crippen molar-refractivity contribution in [2.75, 3.05) is 36.5 Å². The second-order valence-electron chi connectivity index (χ2n) is 5.50. The summed E-state index contributed by atoms with van der Waals surface area (Å²) in [5.74, 6) is -1.57. The Morgan fingerprint density at radius 1 is 1.28 bits per heavy atom. The Hall–Kier alpha value is -2.81. The van der Waals surface area contributed by atoms with Crippen LogP contribution >= 0.6 is 0 Å². The van der Waals surface area contributed by atoms with E-state index < -0.39 is 17.5 Å². The molecule has 2 heterocycles. The number of nitrogens with one attached hydrogen (secondary N) is 2. The number of aromatic amines is 1. The molecule has 7 nitrogen and oxygen atoms in total. The van der Waals surface area contributed by atoms with E-state index in [2.05, 4.69) is 15.3 Å². The standard InChI is InChI=1S/C16H16F2N4O3/c17-10-1-2-12(11(18)7-10)19-15(23)8-13-20-14(9-16(24)21-13)22-3-5-25-6-4-22/h1-2,7,9H,3-6,8H2,(H,19,23)(H,20,21,24). The van der Waals surface area contributed by atoms with E-state index in [1.807, 2.05) is 4.90 Å². The Kier molecular flexibility index (Phi) is 5.03. The van der Waals surface area contributed by atoms with Gasteiger partial charge in [0.05, 0.1) is 25.3 Å². The van der Waals surface area contributed by atoms with Crippen LogP contribution in [-0.4, -0.2) is 42.2 Å². The van der Waals surface area contributed by atoms with Gasteiger partial charge in [0.25, 0.3) is 5.56 Å². The molecule has 132 valence electrons. The number of carbonyl (C=O) groups is 1. The Balaban J connectivity index is 1.72. The van der Waals surface area contributed by atoms with Crippen LogP contribution in [0.4, 0.5) is 20.3 Å². The lowest BCUT2D eigenvalue weighted by Crippen LogP contribution is -2.37. The van der Waals surface area contributed by atoms with E-state index in [4.69, 9.17) is 4.74 Å². The van der Waals surface area contributed by atoms with Crippen LogP contribution < -0.4 is 15.8 Å². The lowest BCUT2D eigenvalue weighted by Gasteiger charge is -2.27. The second-order valence-corrected chi connectivity index (χ2v) is 5.50. The third-order valence-corrected chi connectivity index (χ3v) is 3.65. The summed E-state index contributed by atoms with van der Waals surface area (Å²) in [7, 11) is 0. The van der Waals surface area contributed by atoms with E-state index in [9.17, 15) is 18.4 Å². The number of amides is 1. The van der Waals surface area contributed by atoms with E-state index >= 15 is 0 Å². The van der Waals surface area contributed by atoms with Crippen molar-refractivity contribution in [2.24, 2.45) is 0 Å². The van der Waals surface area contributed by atoms with Crippen molar-refractivity contribution in [1.29, 1.82) is 0 Å². The number of morpholine rings is 1. The summed E-state index contributed by atoms with van der Waals surface area (Å²) in [4.78, 5) is 32.5. The van der Waals surface area contributed by atoms with Crippen molar-refractivity contribution < 1.29 is 18.3 Å². The topological polar surface area (TPSA) is 87.3 Å². The Labute approximate surface area is 141 Å². The molecule has 1 aliphatic rings. The van der Waals surface area contributed by atoms with E-state index in [-0.39, 0.29) is 23.5 Å². The van der Waals surface area contributed by atoms with Gasteiger partial charge in [0.2, 0.25) is 5.91 Å². The average molecular weight is 350 g/mol. The second kappa shape index (κ2) is 7.39. The molecular weight excluding hydrogens is 334 g/mol. The third kappa shape index (κ3) is 4.38. The van der Waals surface area contributed by atoms with Gasteiger partial charge >= 0.3 is 0 Å². The van der Waals surface area contributed by atoms with Crippen LogP contribution in [0, 0.1) is 11.6 Å². The van der Waals surface area contributed by atoms with Gasteiger partial charge in [-0.05, 0) is 12.1 Å². The highest BCUT2D eigenvalue weighted by Crippen LogP contribution is 2.15.